The SMILES string of the molecule is COC(=O)C1CN(c2nnc(-c3ccccc3)c3ccccc23)CCN1C(=O)c1ccccc1. The summed E-state index contributed by atoms with van der Waals surface area (Å²) in [5, 5.41) is 11.1. The fourth-order valence-corrected chi connectivity index (χ4v) is 4.44. The molecule has 1 atom stereocenters. The Bertz CT molecular complexity index is 1330. The molecule has 1 amide bonds. The van der Waals surface area contributed by atoms with Gasteiger partial charge >= 0.3 is 5.97 Å². The van der Waals surface area contributed by atoms with Gasteiger partial charge in [-0.05, 0) is 12.1 Å². The first kappa shape index (κ1) is 21.6. The third kappa shape index (κ3) is 3.96. The summed E-state index contributed by atoms with van der Waals surface area (Å²) < 4.78 is 5.06. The zero-order chi connectivity index (χ0) is 23.5. The predicted octanol–water partition coefficient (Wildman–Crippen LogP) is 3.80. The molecule has 3 aromatic carbocycles. The third-order valence-electron chi connectivity index (χ3n) is 6.15. The molecule has 1 aliphatic heterocycles. The second-order valence-corrected chi connectivity index (χ2v) is 8.13. The molecule has 1 saturated heterocycles. The van der Waals surface area contributed by atoms with Gasteiger partial charge in [-0.25, -0.2) is 4.79 Å². The molecule has 1 unspecified atom stereocenters. The number of benzene rings is 3. The number of fused-ring (bicyclic) bond motifs is 1. The van der Waals surface area contributed by atoms with E-state index in [9.17, 15) is 9.59 Å². The standard InChI is InChI=1S/C27H24N4O3/c1-34-27(33)23-18-30(16-17-31(23)26(32)20-12-6-3-7-13-20)25-22-15-9-8-14-21(22)24(28-29-25)19-10-4-2-5-11-19/h2-15,23H,16-18H2,1H3. The van der Waals surface area contributed by atoms with Crippen molar-refractivity contribution in [2.75, 3.05) is 31.6 Å². The molecule has 170 valence electrons. The Hall–Kier alpha value is -4.26. The van der Waals surface area contributed by atoms with Crippen LogP contribution in [0, 0.1) is 0 Å². The van der Waals surface area contributed by atoms with Gasteiger partial charge < -0.3 is 14.5 Å². The average Bonchev–Trinajstić information content (AvgIpc) is 2.92. The minimum Gasteiger partial charge on any atom is -0.467 e. The monoisotopic (exact) mass is 452 g/mol. The van der Waals surface area contributed by atoms with Crippen LogP contribution in [0.25, 0.3) is 22.0 Å². The maximum atomic E-state index is 13.2. The number of esters is 1. The number of carbonyl (C=O) groups excluding carboxylic acids is 2. The minimum atomic E-state index is -0.749. The molecule has 2 heterocycles. The molecule has 4 aromatic rings. The van der Waals surface area contributed by atoms with Gasteiger partial charge in [0.1, 0.15) is 11.7 Å². The summed E-state index contributed by atoms with van der Waals surface area (Å²) in [5.74, 6) is 0.0502. The Morgan fingerprint density at radius 1 is 0.824 bits per heavy atom. The van der Waals surface area contributed by atoms with E-state index >= 15 is 0 Å². The summed E-state index contributed by atoms with van der Waals surface area (Å²) >= 11 is 0. The summed E-state index contributed by atoms with van der Waals surface area (Å²) in [4.78, 5) is 29.5. The van der Waals surface area contributed by atoms with Crippen LogP contribution in [0.2, 0.25) is 0 Å². The van der Waals surface area contributed by atoms with Crippen LogP contribution in [0.5, 0.6) is 0 Å². The smallest absolute Gasteiger partial charge is 0.330 e. The predicted molar refractivity (Wildman–Crippen MR) is 130 cm³/mol. The zero-order valence-corrected chi connectivity index (χ0v) is 18.8. The summed E-state index contributed by atoms with van der Waals surface area (Å²) in [6, 6.07) is 26.2. The Labute approximate surface area is 197 Å². The van der Waals surface area contributed by atoms with Gasteiger partial charge in [0, 0.05) is 35.0 Å². The maximum Gasteiger partial charge on any atom is 0.330 e. The molecule has 0 spiro atoms. The van der Waals surface area contributed by atoms with E-state index in [2.05, 4.69) is 10.2 Å². The molecule has 1 aromatic heterocycles. The van der Waals surface area contributed by atoms with E-state index in [0.29, 0.717) is 24.5 Å². The molecular weight excluding hydrogens is 428 g/mol. The fourth-order valence-electron chi connectivity index (χ4n) is 4.44. The molecule has 1 aliphatic rings. The summed E-state index contributed by atoms with van der Waals surface area (Å²) in [6.07, 6.45) is 0. The summed E-state index contributed by atoms with van der Waals surface area (Å²) in [5.41, 5.74) is 2.34. The molecule has 0 bridgehead atoms. The van der Waals surface area contributed by atoms with Gasteiger partial charge in [-0.1, -0.05) is 72.8 Å². The van der Waals surface area contributed by atoms with Gasteiger partial charge in [-0.15, -0.1) is 10.2 Å². The Morgan fingerprint density at radius 2 is 1.47 bits per heavy atom. The minimum absolute atomic E-state index is 0.189. The van der Waals surface area contributed by atoms with Crippen LogP contribution in [0.15, 0.2) is 84.9 Å². The number of methoxy groups -OCH3 is 1. The lowest BCUT2D eigenvalue weighted by Gasteiger charge is -2.40. The van der Waals surface area contributed by atoms with Crippen molar-refractivity contribution in [3.63, 3.8) is 0 Å². The zero-order valence-electron chi connectivity index (χ0n) is 18.8. The Morgan fingerprint density at radius 3 is 2.18 bits per heavy atom. The highest BCUT2D eigenvalue weighted by molar-refractivity contribution is 6.01. The highest BCUT2D eigenvalue weighted by Gasteiger charge is 2.37. The molecule has 7 heteroatoms. The van der Waals surface area contributed by atoms with Gasteiger partial charge in [0.05, 0.1) is 13.7 Å². The number of hydrogen-bond donors (Lipinski definition) is 0. The van der Waals surface area contributed by atoms with E-state index in [1.54, 1.807) is 17.0 Å². The van der Waals surface area contributed by atoms with Crippen molar-refractivity contribution in [1.29, 1.82) is 0 Å². The van der Waals surface area contributed by atoms with Crippen LogP contribution in [-0.2, 0) is 9.53 Å². The molecule has 0 radical (unpaired) electrons. The van der Waals surface area contributed by atoms with Crippen molar-refractivity contribution in [3.8, 4) is 11.3 Å². The van der Waals surface area contributed by atoms with Gasteiger partial charge in [0.2, 0.25) is 0 Å². The molecule has 0 saturated carbocycles. The fraction of sp³-hybridized carbons (Fsp3) is 0.185. The molecule has 0 N–H and O–H groups in total. The van der Waals surface area contributed by atoms with Crippen LogP contribution in [0.1, 0.15) is 10.4 Å². The van der Waals surface area contributed by atoms with Crippen molar-refractivity contribution >= 4 is 28.5 Å². The topological polar surface area (TPSA) is 75.6 Å². The molecule has 0 aliphatic carbocycles. The molecule has 1 fully saturated rings. The normalized spacial score (nSPS) is 15.9. The number of hydrogen-bond acceptors (Lipinski definition) is 6. The number of piperazine rings is 1. The van der Waals surface area contributed by atoms with Crippen molar-refractivity contribution in [3.05, 3.63) is 90.5 Å². The molecule has 34 heavy (non-hydrogen) atoms. The lowest BCUT2D eigenvalue weighted by molar-refractivity contribution is -0.146. The maximum absolute atomic E-state index is 13.2. The first-order valence-corrected chi connectivity index (χ1v) is 11.2. The first-order valence-electron chi connectivity index (χ1n) is 11.2. The van der Waals surface area contributed by atoms with Gasteiger partial charge in [-0.3, -0.25) is 4.79 Å². The van der Waals surface area contributed by atoms with E-state index in [4.69, 9.17) is 4.74 Å². The second kappa shape index (κ2) is 9.31. The van der Waals surface area contributed by atoms with Crippen molar-refractivity contribution in [2.45, 2.75) is 6.04 Å². The highest BCUT2D eigenvalue weighted by Crippen LogP contribution is 2.32. The van der Waals surface area contributed by atoms with Crippen LogP contribution in [0.3, 0.4) is 0 Å². The van der Waals surface area contributed by atoms with Crippen LogP contribution in [0.4, 0.5) is 5.82 Å². The average molecular weight is 453 g/mol. The number of aromatic nitrogens is 2. The van der Waals surface area contributed by atoms with E-state index in [0.717, 1.165) is 22.0 Å². The number of amides is 1. The largest absolute Gasteiger partial charge is 0.467 e. The number of rotatable bonds is 4. The number of anilines is 1. The van der Waals surface area contributed by atoms with Gasteiger partial charge in [0.25, 0.3) is 5.91 Å². The number of carbonyl (C=O) groups is 2. The van der Waals surface area contributed by atoms with Crippen LogP contribution in [-0.4, -0.2) is 59.8 Å². The second-order valence-electron chi connectivity index (χ2n) is 8.13. The van der Waals surface area contributed by atoms with E-state index in [1.807, 2.05) is 77.7 Å². The first-order chi connectivity index (χ1) is 16.7. The van der Waals surface area contributed by atoms with Crippen LogP contribution >= 0.6 is 0 Å². The van der Waals surface area contributed by atoms with Crippen LogP contribution < -0.4 is 4.90 Å². The Balaban J connectivity index is 1.50. The third-order valence-corrected chi connectivity index (χ3v) is 6.15. The number of ether oxygens (including phenoxy) is 1. The van der Waals surface area contributed by atoms with Crippen molar-refractivity contribution in [1.82, 2.24) is 15.1 Å². The lowest BCUT2D eigenvalue weighted by atomic mass is 10.0. The molecular formula is C27H24N4O3. The number of nitrogens with zero attached hydrogens (tertiary/aromatic N) is 4. The summed E-state index contributed by atoms with van der Waals surface area (Å²) in [6.45, 7) is 1.16. The quantitative estimate of drug-likeness (QED) is 0.439. The van der Waals surface area contributed by atoms with Gasteiger partial charge in [0.15, 0.2) is 5.82 Å². The van der Waals surface area contributed by atoms with E-state index in [-0.39, 0.29) is 12.5 Å². The van der Waals surface area contributed by atoms with E-state index in [1.165, 1.54) is 7.11 Å². The van der Waals surface area contributed by atoms with Crippen molar-refractivity contribution < 1.29 is 14.3 Å². The van der Waals surface area contributed by atoms with Crippen molar-refractivity contribution in [2.24, 2.45) is 0 Å². The molecule has 5 rings (SSSR count). The molecule has 7 nitrogen and oxygen atoms in total. The summed E-state index contributed by atoms with van der Waals surface area (Å²) in [7, 11) is 1.34. The highest BCUT2D eigenvalue weighted by atomic mass is 16.5. The lowest BCUT2D eigenvalue weighted by Crippen LogP contribution is -2.59. The van der Waals surface area contributed by atoms with E-state index < -0.39 is 12.0 Å². The van der Waals surface area contributed by atoms with Gasteiger partial charge in [-0.2, -0.15) is 0 Å². The Kier molecular flexibility index (Phi) is 5.91.